The fraction of sp³-hybridized carbons (Fsp3) is 0.176. The van der Waals surface area contributed by atoms with Crippen molar-refractivity contribution >= 4 is 45.2 Å². The van der Waals surface area contributed by atoms with Crippen LogP contribution in [-0.2, 0) is 0 Å². The van der Waals surface area contributed by atoms with E-state index in [0.717, 1.165) is 22.4 Å². The van der Waals surface area contributed by atoms with Gasteiger partial charge in [-0.05, 0) is 70.8 Å². The van der Waals surface area contributed by atoms with E-state index in [1.165, 1.54) is 7.11 Å². The third-order valence-corrected chi connectivity index (χ3v) is 4.17. The Bertz CT molecular complexity index is 773. The molecule has 2 rings (SSSR count). The van der Waals surface area contributed by atoms with Crippen molar-refractivity contribution in [3.05, 3.63) is 51.5 Å². The number of hydrogen-bond acceptors (Lipinski definition) is 4. The maximum absolute atomic E-state index is 9.79. The quantitative estimate of drug-likeness (QED) is 0.404. The summed E-state index contributed by atoms with van der Waals surface area (Å²) in [4.78, 5) is 0. The zero-order valence-electron chi connectivity index (χ0n) is 13.6. The molecular formula is C17H18BrN3O2S. The summed E-state index contributed by atoms with van der Waals surface area (Å²) < 4.78 is 5.63. The van der Waals surface area contributed by atoms with Gasteiger partial charge in [0.25, 0.3) is 0 Å². The van der Waals surface area contributed by atoms with E-state index >= 15 is 0 Å². The second kappa shape index (κ2) is 8.12. The number of anilines is 1. The first-order valence-corrected chi connectivity index (χ1v) is 8.35. The Hall–Kier alpha value is -2.12. The van der Waals surface area contributed by atoms with Crippen molar-refractivity contribution in [3.8, 4) is 11.5 Å². The maximum Gasteiger partial charge on any atom is 0.191 e. The highest BCUT2D eigenvalue weighted by molar-refractivity contribution is 9.10. The zero-order valence-corrected chi connectivity index (χ0v) is 16.0. The molecule has 2 aromatic rings. The van der Waals surface area contributed by atoms with Gasteiger partial charge < -0.3 is 15.2 Å². The zero-order chi connectivity index (χ0) is 17.7. The van der Waals surface area contributed by atoms with Crippen LogP contribution in [0.1, 0.15) is 16.7 Å². The van der Waals surface area contributed by atoms with Crippen LogP contribution in [0.4, 0.5) is 5.69 Å². The van der Waals surface area contributed by atoms with E-state index in [-0.39, 0.29) is 5.75 Å². The van der Waals surface area contributed by atoms with Crippen LogP contribution in [0.2, 0.25) is 0 Å². The minimum absolute atomic E-state index is 0.0508. The van der Waals surface area contributed by atoms with Crippen molar-refractivity contribution in [2.45, 2.75) is 13.8 Å². The Morgan fingerprint density at radius 1 is 1.29 bits per heavy atom. The van der Waals surface area contributed by atoms with Crippen LogP contribution in [0, 0.1) is 13.8 Å². The van der Waals surface area contributed by atoms with Gasteiger partial charge in [0.15, 0.2) is 16.6 Å². The lowest BCUT2D eigenvalue weighted by atomic mass is 10.1. The lowest BCUT2D eigenvalue weighted by Gasteiger charge is -2.12. The highest BCUT2D eigenvalue weighted by atomic mass is 79.9. The number of nitrogens with one attached hydrogen (secondary N) is 2. The number of halogens is 1. The van der Waals surface area contributed by atoms with Crippen LogP contribution in [0.3, 0.4) is 0 Å². The molecule has 2 aromatic carbocycles. The lowest BCUT2D eigenvalue weighted by Crippen LogP contribution is -2.24. The number of hydrazone groups is 1. The summed E-state index contributed by atoms with van der Waals surface area (Å²) in [7, 11) is 1.49. The van der Waals surface area contributed by atoms with Crippen LogP contribution in [-0.4, -0.2) is 23.5 Å². The van der Waals surface area contributed by atoms with Crippen LogP contribution in [0.15, 0.2) is 39.9 Å². The molecule has 0 heterocycles. The molecule has 24 heavy (non-hydrogen) atoms. The average Bonchev–Trinajstić information content (AvgIpc) is 2.54. The minimum atomic E-state index is 0.0508. The smallest absolute Gasteiger partial charge is 0.191 e. The molecule has 5 nitrogen and oxygen atoms in total. The molecule has 0 aliphatic heterocycles. The fourth-order valence-corrected chi connectivity index (χ4v) is 2.76. The van der Waals surface area contributed by atoms with Gasteiger partial charge >= 0.3 is 0 Å². The number of para-hydroxylation sites is 1. The fourth-order valence-electron chi connectivity index (χ4n) is 2.14. The van der Waals surface area contributed by atoms with Crippen molar-refractivity contribution in [1.29, 1.82) is 0 Å². The molecule has 0 aliphatic carbocycles. The van der Waals surface area contributed by atoms with Gasteiger partial charge in [-0.3, -0.25) is 5.43 Å². The van der Waals surface area contributed by atoms with Gasteiger partial charge in [0, 0.05) is 5.69 Å². The number of thiocarbonyl (C=S) groups is 1. The molecule has 0 amide bonds. The third-order valence-electron chi connectivity index (χ3n) is 3.37. The van der Waals surface area contributed by atoms with E-state index < -0.39 is 0 Å². The highest BCUT2D eigenvalue weighted by Crippen LogP contribution is 2.34. The Balaban J connectivity index is 2.04. The number of rotatable bonds is 4. The molecule has 0 saturated heterocycles. The number of aromatic hydroxyl groups is 1. The van der Waals surface area contributed by atoms with E-state index in [9.17, 15) is 5.11 Å². The van der Waals surface area contributed by atoms with Gasteiger partial charge in [-0.15, -0.1) is 0 Å². The lowest BCUT2D eigenvalue weighted by molar-refractivity contribution is 0.372. The van der Waals surface area contributed by atoms with E-state index in [2.05, 4.69) is 31.8 Å². The molecule has 0 aliphatic rings. The molecule has 0 spiro atoms. The van der Waals surface area contributed by atoms with Gasteiger partial charge in [-0.25, -0.2) is 0 Å². The number of hydrogen-bond donors (Lipinski definition) is 3. The van der Waals surface area contributed by atoms with Crippen LogP contribution < -0.4 is 15.5 Å². The molecule has 0 aromatic heterocycles. The number of aryl methyl sites for hydroxylation is 2. The molecule has 0 radical (unpaired) electrons. The largest absolute Gasteiger partial charge is 0.503 e. The SMILES string of the molecule is COc1cc(/C=N/NC(=S)Nc2c(C)cccc2C)cc(Br)c1O. The number of benzene rings is 2. The van der Waals surface area contributed by atoms with Crippen LogP contribution >= 0.6 is 28.1 Å². The summed E-state index contributed by atoms with van der Waals surface area (Å²) in [5.41, 5.74) is 6.71. The molecule has 126 valence electrons. The first-order chi connectivity index (χ1) is 11.4. The van der Waals surface area contributed by atoms with E-state index in [0.29, 0.717) is 15.3 Å². The average molecular weight is 408 g/mol. The molecule has 0 fully saturated rings. The van der Waals surface area contributed by atoms with E-state index in [4.69, 9.17) is 17.0 Å². The third kappa shape index (κ3) is 4.46. The Morgan fingerprint density at radius 3 is 2.58 bits per heavy atom. The predicted molar refractivity (Wildman–Crippen MR) is 105 cm³/mol. The first kappa shape index (κ1) is 18.2. The molecule has 0 bridgehead atoms. The topological polar surface area (TPSA) is 65.9 Å². The first-order valence-electron chi connectivity index (χ1n) is 7.15. The maximum atomic E-state index is 9.79. The van der Waals surface area contributed by atoms with Gasteiger partial charge in [-0.1, -0.05) is 18.2 Å². The molecule has 0 unspecified atom stereocenters. The number of nitrogens with zero attached hydrogens (tertiary/aromatic N) is 1. The number of ether oxygens (including phenoxy) is 1. The van der Waals surface area contributed by atoms with E-state index in [1.807, 2.05) is 32.0 Å². The Kier molecular flexibility index (Phi) is 6.16. The Morgan fingerprint density at radius 2 is 1.96 bits per heavy atom. The summed E-state index contributed by atoms with van der Waals surface area (Å²) in [5, 5.41) is 17.4. The van der Waals surface area contributed by atoms with Crippen molar-refractivity contribution in [2.75, 3.05) is 12.4 Å². The monoisotopic (exact) mass is 407 g/mol. The van der Waals surface area contributed by atoms with Gasteiger partial charge in [0.1, 0.15) is 0 Å². The van der Waals surface area contributed by atoms with Crippen molar-refractivity contribution in [2.24, 2.45) is 5.10 Å². The van der Waals surface area contributed by atoms with Crippen LogP contribution in [0.25, 0.3) is 0 Å². The summed E-state index contributed by atoms with van der Waals surface area (Å²) in [6, 6.07) is 9.43. The van der Waals surface area contributed by atoms with Gasteiger partial charge in [-0.2, -0.15) is 5.10 Å². The normalized spacial score (nSPS) is 10.7. The summed E-state index contributed by atoms with van der Waals surface area (Å²) in [6.45, 7) is 4.03. The molecular weight excluding hydrogens is 390 g/mol. The number of methoxy groups -OCH3 is 1. The van der Waals surface area contributed by atoms with Crippen LogP contribution in [0.5, 0.6) is 11.5 Å². The highest BCUT2D eigenvalue weighted by Gasteiger charge is 2.07. The number of phenolic OH excluding ortho intramolecular Hbond substituents is 1. The van der Waals surface area contributed by atoms with Gasteiger partial charge in [0.2, 0.25) is 0 Å². The minimum Gasteiger partial charge on any atom is -0.503 e. The summed E-state index contributed by atoms with van der Waals surface area (Å²) in [5.74, 6) is 0.414. The van der Waals surface area contributed by atoms with Crippen molar-refractivity contribution in [3.63, 3.8) is 0 Å². The number of phenols is 1. The Labute approximate surface area is 154 Å². The van der Waals surface area contributed by atoms with E-state index in [1.54, 1.807) is 18.3 Å². The molecule has 0 saturated carbocycles. The van der Waals surface area contributed by atoms with Gasteiger partial charge in [0.05, 0.1) is 17.8 Å². The van der Waals surface area contributed by atoms with Crippen molar-refractivity contribution in [1.82, 2.24) is 5.43 Å². The standard InChI is InChI=1S/C17H18BrN3O2S/c1-10-5-4-6-11(2)15(10)20-17(24)21-19-9-12-7-13(18)16(22)14(8-12)23-3/h4-9,22H,1-3H3,(H2,20,21,24)/b19-9+. The second-order valence-electron chi connectivity index (χ2n) is 5.14. The molecule has 3 N–H and O–H groups in total. The second-order valence-corrected chi connectivity index (χ2v) is 6.41. The van der Waals surface area contributed by atoms with Crippen molar-refractivity contribution < 1.29 is 9.84 Å². The summed E-state index contributed by atoms with van der Waals surface area (Å²) >= 11 is 8.52. The molecule has 0 atom stereocenters. The molecule has 7 heteroatoms. The predicted octanol–water partition coefficient (Wildman–Crippen LogP) is 4.10. The summed E-state index contributed by atoms with van der Waals surface area (Å²) in [6.07, 6.45) is 1.59.